The van der Waals surface area contributed by atoms with E-state index in [0.29, 0.717) is 12.0 Å². The number of nitrogens with one attached hydrogen (secondary N) is 1. The van der Waals surface area contributed by atoms with Crippen LogP contribution in [-0.4, -0.2) is 38.4 Å². The molecule has 0 amide bonds. The van der Waals surface area contributed by atoms with Gasteiger partial charge >= 0.3 is 0 Å². The zero-order chi connectivity index (χ0) is 14.4. The summed E-state index contributed by atoms with van der Waals surface area (Å²) in [6.07, 6.45) is 6.59. The summed E-state index contributed by atoms with van der Waals surface area (Å²) in [4.78, 5) is 4.49. The van der Waals surface area contributed by atoms with E-state index in [9.17, 15) is 0 Å². The summed E-state index contributed by atoms with van der Waals surface area (Å²) in [6.45, 7) is 8.75. The summed E-state index contributed by atoms with van der Waals surface area (Å²) in [6, 6.07) is 0.539. The summed E-state index contributed by atoms with van der Waals surface area (Å²) < 4.78 is 2.09. The van der Waals surface area contributed by atoms with Gasteiger partial charge in [0.25, 0.3) is 0 Å². The van der Waals surface area contributed by atoms with Crippen LogP contribution in [0.1, 0.15) is 45.9 Å². The molecule has 2 heterocycles. The first-order chi connectivity index (χ1) is 9.70. The Kier molecular flexibility index (Phi) is 6.36. The second-order valence-electron chi connectivity index (χ2n) is 6.07. The van der Waals surface area contributed by atoms with E-state index in [4.69, 9.17) is 0 Å². The second-order valence-corrected chi connectivity index (χ2v) is 7.42. The summed E-state index contributed by atoms with van der Waals surface area (Å²) in [7, 11) is 0. The molecular weight excluding hydrogens is 268 g/mol. The summed E-state index contributed by atoms with van der Waals surface area (Å²) in [5.41, 5.74) is 0. The van der Waals surface area contributed by atoms with E-state index in [1.165, 1.54) is 25.0 Å². The fourth-order valence-electron chi connectivity index (χ4n) is 2.73. The Morgan fingerprint density at radius 3 is 3.00 bits per heavy atom. The lowest BCUT2D eigenvalue weighted by atomic mass is 10.1. The van der Waals surface area contributed by atoms with Crippen LogP contribution < -0.4 is 5.32 Å². The van der Waals surface area contributed by atoms with Gasteiger partial charge in [0.05, 0.1) is 0 Å². The first kappa shape index (κ1) is 15.8. The molecule has 0 saturated carbocycles. The molecule has 1 aliphatic rings. The lowest BCUT2D eigenvalue weighted by molar-refractivity contribution is 0.430. The van der Waals surface area contributed by atoms with Crippen molar-refractivity contribution in [1.29, 1.82) is 0 Å². The number of rotatable bonds is 8. The third-order valence-corrected chi connectivity index (χ3v) is 5.22. The van der Waals surface area contributed by atoms with Crippen molar-refractivity contribution in [3.63, 3.8) is 0 Å². The molecule has 20 heavy (non-hydrogen) atoms. The fraction of sp³-hybridized carbons (Fsp3) is 0.867. The lowest BCUT2D eigenvalue weighted by Crippen LogP contribution is -2.40. The molecule has 1 aromatic rings. The zero-order valence-electron chi connectivity index (χ0n) is 13.0. The summed E-state index contributed by atoms with van der Waals surface area (Å²) >= 11 is 2.12. The molecule has 0 radical (unpaired) electrons. The molecule has 1 aliphatic heterocycles. The molecule has 114 valence electrons. The van der Waals surface area contributed by atoms with E-state index in [-0.39, 0.29) is 0 Å². The number of nitrogens with zero attached hydrogens (tertiary/aromatic N) is 3. The Hall–Kier alpha value is -0.550. The van der Waals surface area contributed by atoms with Gasteiger partial charge in [0, 0.05) is 24.3 Å². The van der Waals surface area contributed by atoms with Gasteiger partial charge in [0.15, 0.2) is 0 Å². The molecular formula is C15H28N4S. The highest BCUT2D eigenvalue weighted by molar-refractivity contribution is 8.00. The van der Waals surface area contributed by atoms with E-state index in [1.54, 1.807) is 6.33 Å². The number of thioether (sulfide) groups is 1. The third-order valence-electron chi connectivity index (χ3n) is 3.71. The van der Waals surface area contributed by atoms with E-state index in [2.05, 4.69) is 52.6 Å². The number of hydrogen-bond acceptors (Lipinski definition) is 4. The van der Waals surface area contributed by atoms with Crippen LogP contribution in [0.15, 0.2) is 6.33 Å². The van der Waals surface area contributed by atoms with Crippen LogP contribution in [0, 0.1) is 5.92 Å². The molecule has 0 spiro atoms. The number of aromatic nitrogens is 3. The van der Waals surface area contributed by atoms with E-state index in [1.807, 2.05) is 0 Å². The van der Waals surface area contributed by atoms with Gasteiger partial charge in [-0.25, -0.2) is 9.67 Å². The molecule has 1 saturated heterocycles. The minimum Gasteiger partial charge on any atom is -0.312 e. The van der Waals surface area contributed by atoms with Crippen molar-refractivity contribution in [2.75, 3.05) is 12.3 Å². The maximum Gasteiger partial charge on any atom is 0.138 e. The molecule has 4 nitrogen and oxygen atoms in total. The van der Waals surface area contributed by atoms with Crippen molar-refractivity contribution >= 4 is 11.8 Å². The maximum atomic E-state index is 4.49. The normalized spacial score (nSPS) is 20.7. The van der Waals surface area contributed by atoms with Gasteiger partial charge < -0.3 is 5.32 Å². The van der Waals surface area contributed by atoms with Gasteiger partial charge in [0.1, 0.15) is 12.2 Å². The Labute approximate surface area is 127 Å². The maximum absolute atomic E-state index is 4.49. The Morgan fingerprint density at radius 1 is 1.50 bits per heavy atom. The minimum atomic E-state index is 0.539. The molecule has 0 bridgehead atoms. The first-order valence-electron chi connectivity index (χ1n) is 7.92. The van der Waals surface area contributed by atoms with E-state index < -0.39 is 0 Å². The topological polar surface area (TPSA) is 42.7 Å². The molecule has 2 unspecified atom stereocenters. The minimum absolute atomic E-state index is 0.539. The van der Waals surface area contributed by atoms with Crippen LogP contribution in [0.25, 0.3) is 0 Å². The van der Waals surface area contributed by atoms with Crippen LogP contribution in [0.3, 0.4) is 0 Å². The first-order valence-corrected chi connectivity index (χ1v) is 8.97. The van der Waals surface area contributed by atoms with Crippen LogP contribution in [0.5, 0.6) is 0 Å². The van der Waals surface area contributed by atoms with Crippen molar-refractivity contribution in [3.05, 3.63) is 12.2 Å². The van der Waals surface area contributed by atoms with E-state index in [0.717, 1.165) is 30.6 Å². The number of hydrogen-bond donors (Lipinski definition) is 1. The predicted octanol–water partition coefficient (Wildman–Crippen LogP) is 2.74. The zero-order valence-corrected chi connectivity index (χ0v) is 13.8. The average molecular weight is 296 g/mol. The lowest BCUT2D eigenvalue weighted by Gasteiger charge is -2.24. The van der Waals surface area contributed by atoms with Crippen LogP contribution in [0.4, 0.5) is 0 Å². The van der Waals surface area contributed by atoms with Crippen molar-refractivity contribution in [1.82, 2.24) is 20.1 Å². The molecule has 1 N–H and O–H groups in total. The molecule has 2 atom stereocenters. The highest BCUT2D eigenvalue weighted by Crippen LogP contribution is 2.30. The van der Waals surface area contributed by atoms with Crippen molar-refractivity contribution in [3.8, 4) is 0 Å². The monoisotopic (exact) mass is 296 g/mol. The smallest absolute Gasteiger partial charge is 0.138 e. The van der Waals surface area contributed by atoms with E-state index >= 15 is 0 Å². The molecule has 0 aliphatic carbocycles. The quantitative estimate of drug-likeness (QED) is 0.801. The fourth-order valence-corrected chi connectivity index (χ4v) is 4.12. The Bertz CT molecular complexity index is 385. The molecule has 0 aromatic carbocycles. The van der Waals surface area contributed by atoms with Gasteiger partial charge in [-0.1, -0.05) is 20.8 Å². The Morgan fingerprint density at radius 2 is 2.35 bits per heavy atom. The third kappa shape index (κ3) is 4.48. The Balaban J connectivity index is 2.00. The summed E-state index contributed by atoms with van der Waals surface area (Å²) in [5.74, 6) is 3.06. The predicted molar refractivity (Wildman–Crippen MR) is 86.1 cm³/mol. The highest BCUT2D eigenvalue weighted by atomic mass is 32.2. The SMILES string of the molecule is CCCNC(Cc1ncnn1CC(C)C)C1CCCS1. The van der Waals surface area contributed by atoms with Crippen LogP contribution in [0.2, 0.25) is 0 Å². The van der Waals surface area contributed by atoms with Gasteiger partial charge in [-0.15, -0.1) is 0 Å². The van der Waals surface area contributed by atoms with Gasteiger partial charge in [-0.2, -0.15) is 16.9 Å². The standard InChI is InChI=1S/C15H28N4S/c1-4-7-16-13(14-6-5-8-20-14)9-15-17-11-18-19(15)10-12(2)3/h11-14,16H,4-10H2,1-3H3. The van der Waals surface area contributed by atoms with Crippen molar-refractivity contribution in [2.24, 2.45) is 5.92 Å². The van der Waals surface area contributed by atoms with Gasteiger partial charge in [0.2, 0.25) is 0 Å². The molecule has 1 fully saturated rings. The summed E-state index contributed by atoms with van der Waals surface area (Å²) in [5, 5.41) is 8.86. The second kappa shape index (κ2) is 8.03. The largest absolute Gasteiger partial charge is 0.312 e. The molecule has 2 rings (SSSR count). The van der Waals surface area contributed by atoms with Gasteiger partial charge in [-0.3, -0.25) is 0 Å². The van der Waals surface area contributed by atoms with Crippen molar-refractivity contribution in [2.45, 2.75) is 64.3 Å². The van der Waals surface area contributed by atoms with Crippen molar-refractivity contribution < 1.29 is 0 Å². The van der Waals surface area contributed by atoms with Crippen LogP contribution >= 0.6 is 11.8 Å². The average Bonchev–Trinajstić information content (AvgIpc) is 3.05. The van der Waals surface area contributed by atoms with Gasteiger partial charge in [-0.05, 0) is 37.5 Å². The molecule has 5 heteroatoms. The molecule has 1 aromatic heterocycles. The highest BCUT2D eigenvalue weighted by Gasteiger charge is 2.26. The van der Waals surface area contributed by atoms with Crippen LogP contribution in [-0.2, 0) is 13.0 Å².